The van der Waals surface area contributed by atoms with E-state index in [1.54, 1.807) is 12.1 Å². The molecule has 0 bridgehead atoms. The van der Waals surface area contributed by atoms with Crippen molar-refractivity contribution in [3.8, 4) is 0 Å². The molecular weight excluding hydrogens is 314 g/mol. The van der Waals surface area contributed by atoms with Gasteiger partial charge in [0.15, 0.2) is 0 Å². The minimum atomic E-state index is -0.388. The van der Waals surface area contributed by atoms with E-state index in [4.69, 9.17) is 0 Å². The maximum Gasteiger partial charge on any atom is 0.269 e. The molecule has 0 heterocycles. The number of non-ortho nitro benzene ring substituents is 1. The Morgan fingerprint density at radius 3 is 1.76 bits per heavy atom. The first kappa shape index (κ1) is 16.5. The van der Waals surface area contributed by atoms with E-state index in [9.17, 15) is 10.1 Å². The van der Waals surface area contributed by atoms with Crippen molar-refractivity contribution < 1.29 is 4.92 Å². The third-order valence-electron chi connectivity index (χ3n) is 4.03. The molecule has 0 radical (unpaired) electrons. The van der Waals surface area contributed by atoms with E-state index in [1.807, 2.05) is 54.6 Å². The summed E-state index contributed by atoms with van der Waals surface area (Å²) in [6.07, 6.45) is 0. The number of azo groups is 1. The second kappa shape index (κ2) is 7.49. The molecule has 0 aliphatic carbocycles. The predicted molar refractivity (Wildman–Crippen MR) is 97.7 cm³/mol. The number of rotatable bonds is 5. The molecule has 25 heavy (non-hydrogen) atoms. The number of hydrogen-bond donors (Lipinski definition) is 0. The summed E-state index contributed by atoms with van der Waals surface area (Å²) < 4.78 is 0. The molecule has 1 atom stereocenters. The molecule has 0 aromatic heterocycles. The van der Waals surface area contributed by atoms with Gasteiger partial charge in [-0.3, -0.25) is 10.1 Å². The summed E-state index contributed by atoms with van der Waals surface area (Å²) in [5, 5.41) is 19.2. The summed E-state index contributed by atoms with van der Waals surface area (Å²) in [6, 6.07) is 24.1. The second-order valence-corrected chi connectivity index (χ2v) is 5.70. The molecule has 3 rings (SSSR count). The summed E-state index contributed by atoms with van der Waals surface area (Å²) in [6.45, 7) is 2.07. The molecule has 1 unspecified atom stereocenters. The van der Waals surface area contributed by atoms with Crippen molar-refractivity contribution in [3.63, 3.8) is 0 Å². The minimum absolute atomic E-state index is 0.104. The molecule has 0 aliphatic heterocycles. The Morgan fingerprint density at radius 1 is 0.760 bits per heavy atom. The monoisotopic (exact) mass is 331 g/mol. The Balaban J connectivity index is 1.73. The zero-order valence-electron chi connectivity index (χ0n) is 13.7. The van der Waals surface area contributed by atoms with E-state index in [2.05, 4.69) is 17.2 Å². The molecule has 0 fully saturated rings. The van der Waals surface area contributed by atoms with E-state index in [0.29, 0.717) is 0 Å². The number of hydrogen-bond acceptors (Lipinski definition) is 4. The summed E-state index contributed by atoms with van der Waals surface area (Å²) in [5.74, 6) is 0.140. The van der Waals surface area contributed by atoms with Crippen LogP contribution in [0.15, 0.2) is 89.1 Å². The summed E-state index contributed by atoms with van der Waals surface area (Å²) in [4.78, 5) is 10.4. The van der Waals surface area contributed by atoms with Gasteiger partial charge < -0.3 is 0 Å². The van der Waals surface area contributed by atoms with Crippen LogP contribution in [0.4, 0.5) is 17.1 Å². The van der Waals surface area contributed by atoms with Gasteiger partial charge in [0.2, 0.25) is 0 Å². The van der Waals surface area contributed by atoms with Crippen LogP contribution in [-0.2, 0) is 0 Å². The molecule has 0 saturated heterocycles. The third kappa shape index (κ3) is 4.14. The molecule has 0 aliphatic rings. The summed E-state index contributed by atoms with van der Waals surface area (Å²) >= 11 is 0. The van der Waals surface area contributed by atoms with Crippen molar-refractivity contribution in [2.45, 2.75) is 12.8 Å². The molecule has 5 heteroatoms. The fraction of sp³-hybridized carbons (Fsp3) is 0.100. The van der Waals surface area contributed by atoms with Gasteiger partial charge in [0.1, 0.15) is 0 Å². The summed E-state index contributed by atoms with van der Waals surface area (Å²) in [7, 11) is 0. The van der Waals surface area contributed by atoms with Crippen molar-refractivity contribution in [2.24, 2.45) is 10.2 Å². The Morgan fingerprint density at radius 2 is 1.24 bits per heavy atom. The topological polar surface area (TPSA) is 67.9 Å². The van der Waals surface area contributed by atoms with E-state index < -0.39 is 0 Å². The van der Waals surface area contributed by atoms with Gasteiger partial charge in [-0.2, -0.15) is 10.2 Å². The standard InChI is InChI=1S/C20H17N3O2/c1-15(17-9-13-20(14-10-17)23(24)25)16-7-11-19(12-8-16)22-21-18-5-3-2-4-6-18/h2-15H,1H3. The fourth-order valence-electron chi connectivity index (χ4n) is 2.52. The molecule has 0 saturated carbocycles. The first-order valence-electron chi connectivity index (χ1n) is 7.94. The lowest BCUT2D eigenvalue weighted by Crippen LogP contribution is -1.96. The second-order valence-electron chi connectivity index (χ2n) is 5.70. The van der Waals surface area contributed by atoms with Gasteiger partial charge >= 0.3 is 0 Å². The molecular formula is C20H17N3O2. The van der Waals surface area contributed by atoms with Crippen molar-refractivity contribution in [1.29, 1.82) is 0 Å². The summed E-state index contributed by atoms with van der Waals surface area (Å²) in [5.41, 5.74) is 3.85. The Kier molecular flexibility index (Phi) is 4.95. The van der Waals surface area contributed by atoms with Gasteiger partial charge in [-0.25, -0.2) is 0 Å². The van der Waals surface area contributed by atoms with E-state index >= 15 is 0 Å². The van der Waals surface area contributed by atoms with Crippen LogP contribution in [0.1, 0.15) is 24.0 Å². The van der Waals surface area contributed by atoms with Crippen LogP contribution < -0.4 is 0 Å². The van der Waals surface area contributed by atoms with Crippen molar-refractivity contribution in [1.82, 2.24) is 0 Å². The highest BCUT2D eigenvalue weighted by molar-refractivity contribution is 5.44. The van der Waals surface area contributed by atoms with Crippen LogP contribution in [-0.4, -0.2) is 4.92 Å². The van der Waals surface area contributed by atoms with Gasteiger partial charge in [-0.15, -0.1) is 0 Å². The molecule has 3 aromatic rings. The Labute approximate surface area is 145 Å². The Bertz CT molecular complexity index is 873. The molecule has 0 spiro atoms. The highest BCUT2D eigenvalue weighted by Gasteiger charge is 2.11. The zero-order chi connectivity index (χ0) is 17.6. The van der Waals surface area contributed by atoms with Gasteiger partial charge in [-0.05, 0) is 35.4 Å². The maximum absolute atomic E-state index is 10.7. The van der Waals surface area contributed by atoms with Gasteiger partial charge in [0.25, 0.3) is 5.69 Å². The van der Waals surface area contributed by atoms with Gasteiger partial charge in [-0.1, -0.05) is 49.4 Å². The highest BCUT2D eigenvalue weighted by atomic mass is 16.6. The van der Waals surface area contributed by atoms with Gasteiger partial charge in [0, 0.05) is 18.1 Å². The van der Waals surface area contributed by atoms with Crippen LogP contribution in [0.5, 0.6) is 0 Å². The number of nitro benzene ring substituents is 1. The third-order valence-corrected chi connectivity index (χ3v) is 4.03. The van der Waals surface area contributed by atoms with Crippen LogP contribution in [0.25, 0.3) is 0 Å². The van der Waals surface area contributed by atoms with Crippen LogP contribution in [0.2, 0.25) is 0 Å². The largest absolute Gasteiger partial charge is 0.269 e. The smallest absolute Gasteiger partial charge is 0.258 e. The minimum Gasteiger partial charge on any atom is -0.258 e. The lowest BCUT2D eigenvalue weighted by molar-refractivity contribution is -0.384. The van der Waals surface area contributed by atoms with Crippen LogP contribution in [0.3, 0.4) is 0 Å². The van der Waals surface area contributed by atoms with E-state index in [0.717, 1.165) is 22.5 Å². The Hall–Kier alpha value is -3.34. The normalized spacial score (nSPS) is 12.2. The molecule has 0 N–H and O–H groups in total. The van der Waals surface area contributed by atoms with Crippen LogP contribution in [0, 0.1) is 10.1 Å². The SMILES string of the molecule is CC(c1ccc(N=Nc2ccccc2)cc1)c1ccc([N+](=O)[O-])cc1. The first-order valence-corrected chi connectivity index (χ1v) is 7.94. The number of nitro groups is 1. The van der Waals surface area contributed by atoms with Crippen molar-refractivity contribution >= 4 is 17.1 Å². The van der Waals surface area contributed by atoms with E-state index in [1.165, 1.54) is 12.1 Å². The molecule has 3 aromatic carbocycles. The zero-order valence-corrected chi connectivity index (χ0v) is 13.7. The average molecular weight is 331 g/mol. The molecule has 124 valence electrons. The lowest BCUT2D eigenvalue weighted by atomic mass is 9.93. The number of nitrogens with zero attached hydrogens (tertiary/aromatic N) is 3. The average Bonchev–Trinajstić information content (AvgIpc) is 2.67. The lowest BCUT2D eigenvalue weighted by Gasteiger charge is -2.12. The van der Waals surface area contributed by atoms with E-state index in [-0.39, 0.29) is 16.5 Å². The van der Waals surface area contributed by atoms with Crippen molar-refractivity contribution in [2.75, 3.05) is 0 Å². The maximum atomic E-state index is 10.7. The number of benzene rings is 3. The fourth-order valence-corrected chi connectivity index (χ4v) is 2.52. The first-order chi connectivity index (χ1) is 12.1. The quantitative estimate of drug-likeness (QED) is 0.319. The molecule has 5 nitrogen and oxygen atoms in total. The highest BCUT2D eigenvalue weighted by Crippen LogP contribution is 2.27. The molecule has 0 amide bonds. The van der Waals surface area contributed by atoms with Crippen molar-refractivity contribution in [3.05, 3.63) is 100 Å². The van der Waals surface area contributed by atoms with Gasteiger partial charge in [0.05, 0.1) is 16.3 Å². The van der Waals surface area contributed by atoms with Crippen LogP contribution >= 0.6 is 0 Å². The predicted octanol–water partition coefficient (Wildman–Crippen LogP) is 6.16.